The summed E-state index contributed by atoms with van der Waals surface area (Å²) in [5.74, 6) is -0.344. The third-order valence-electron chi connectivity index (χ3n) is 4.15. The number of carbonyl (C=O) groups is 1. The van der Waals surface area contributed by atoms with Crippen LogP contribution in [0.2, 0.25) is 0 Å². The van der Waals surface area contributed by atoms with Crippen LogP contribution in [0, 0.1) is 5.41 Å². The molecule has 24 heavy (non-hydrogen) atoms. The molecule has 0 bridgehead atoms. The quantitative estimate of drug-likeness (QED) is 0.255. The summed E-state index contributed by atoms with van der Waals surface area (Å²) in [4.78, 5) is 11.4. The monoisotopic (exact) mass is 332 g/mol. The molecule has 1 rings (SSSR count). The molecule has 0 saturated heterocycles. The van der Waals surface area contributed by atoms with Gasteiger partial charge in [-0.25, -0.2) is 4.79 Å². The lowest BCUT2D eigenvalue weighted by Gasteiger charge is -2.32. The highest BCUT2D eigenvalue weighted by Gasteiger charge is 2.26. The van der Waals surface area contributed by atoms with E-state index < -0.39 is 12.3 Å². The van der Waals surface area contributed by atoms with E-state index in [-0.39, 0.29) is 5.97 Å². The Kier molecular flexibility index (Phi) is 6.18. The van der Waals surface area contributed by atoms with E-state index in [0.29, 0.717) is 13.0 Å². The van der Waals surface area contributed by atoms with Crippen molar-refractivity contribution in [1.29, 1.82) is 0 Å². The first-order valence-electron chi connectivity index (χ1n) is 10.1. The van der Waals surface area contributed by atoms with Gasteiger partial charge in [0.2, 0.25) is 0 Å². The van der Waals surface area contributed by atoms with Crippen molar-refractivity contribution in [2.45, 2.75) is 60.7 Å². The zero-order chi connectivity index (χ0) is 20.7. The van der Waals surface area contributed by atoms with Gasteiger partial charge >= 0.3 is 5.97 Å². The van der Waals surface area contributed by atoms with E-state index in [1.807, 2.05) is 58.1 Å². The molecule has 0 N–H and O–H groups in total. The summed E-state index contributed by atoms with van der Waals surface area (Å²) in [5.41, 5.74) is 3.12. The normalized spacial score (nSPS) is 25.8. The van der Waals surface area contributed by atoms with Gasteiger partial charge in [-0.1, -0.05) is 55.3 Å². The molecule has 2 heteroatoms. The SMILES string of the molecule is [2H][13C]([2H])([2H])C1(C)CCCC(C)=C1/C=C/C(C)=C\C=C\C(C)=C\C(=O)OCC. The summed E-state index contributed by atoms with van der Waals surface area (Å²) in [6, 6.07) is 0. The highest BCUT2D eigenvalue weighted by Crippen LogP contribution is 2.40. The van der Waals surface area contributed by atoms with Crippen molar-refractivity contribution >= 4 is 5.97 Å². The summed E-state index contributed by atoms with van der Waals surface area (Å²) >= 11 is 0. The molecule has 1 unspecified atom stereocenters. The first kappa shape index (κ1) is 15.7. The fourth-order valence-electron chi connectivity index (χ4n) is 2.81. The van der Waals surface area contributed by atoms with Gasteiger partial charge in [0.15, 0.2) is 0 Å². The van der Waals surface area contributed by atoms with Crippen LogP contribution in [-0.4, -0.2) is 12.6 Å². The number of rotatable bonds is 6. The number of hydrogen-bond acceptors (Lipinski definition) is 2. The average Bonchev–Trinajstić information content (AvgIpc) is 2.53. The van der Waals surface area contributed by atoms with Crippen LogP contribution in [0.15, 0.2) is 58.7 Å². The minimum atomic E-state index is -2.01. The molecule has 0 spiro atoms. The molecule has 0 amide bonds. The van der Waals surface area contributed by atoms with Crippen LogP contribution < -0.4 is 0 Å². The lowest BCUT2D eigenvalue weighted by molar-refractivity contribution is -0.137. The standard InChI is InChI=1S/C22H32O2/c1-7-24-21(23)16-18(3)11-8-10-17(2)13-14-20-19(4)12-9-15-22(20,5)6/h8,10-11,13-14,16H,7,9,12,15H2,1-6H3/b11-8+,14-13+,17-10-,18-16+/i5+1D3. The largest absolute Gasteiger partial charge is 0.463 e. The van der Waals surface area contributed by atoms with E-state index in [4.69, 9.17) is 8.85 Å². The van der Waals surface area contributed by atoms with Crippen LogP contribution >= 0.6 is 0 Å². The Hall–Kier alpha value is -1.83. The van der Waals surface area contributed by atoms with E-state index >= 15 is 0 Å². The molecule has 0 heterocycles. The Balaban J connectivity index is 2.92. The molecule has 1 atom stereocenters. The van der Waals surface area contributed by atoms with Gasteiger partial charge in [-0.3, -0.25) is 0 Å². The fraction of sp³-hybridized carbons (Fsp3) is 0.500. The van der Waals surface area contributed by atoms with Gasteiger partial charge < -0.3 is 4.74 Å². The van der Waals surface area contributed by atoms with E-state index in [2.05, 4.69) is 0 Å². The lowest BCUT2D eigenvalue weighted by Crippen LogP contribution is -2.19. The summed E-state index contributed by atoms with van der Waals surface area (Å²) in [6.45, 7) is 7.81. The van der Waals surface area contributed by atoms with Crippen LogP contribution in [-0.2, 0) is 9.53 Å². The molecule has 0 aromatic rings. The van der Waals surface area contributed by atoms with Crippen molar-refractivity contribution in [1.82, 2.24) is 0 Å². The highest BCUT2D eigenvalue weighted by atomic mass is 16.5. The first-order chi connectivity index (χ1) is 12.5. The predicted molar refractivity (Wildman–Crippen MR) is 103 cm³/mol. The number of esters is 1. The van der Waals surface area contributed by atoms with Crippen LogP contribution in [0.4, 0.5) is 0 Å². The Morgan fingerprint density at radius 2 is 2.08 bits per heavy atom. The van der Waals surface area contributed by atoms with Crippen LogP contribution in [0.25, 0.3) is 0 Å². The van der Waals surface area contributed by atoms with Crippen LogP contribution in [0.1, 0.15) is 64.8 Å². The van der Waals surface area contributed by atoms with Gasteiger partial charge in [0, 0.05) is 10.2 Å². The molecular weight excluding hydrogens is 297 g/mol. The zero-order valence-electron chi connectivity index (χ0n) is 18.6. The average molecular weight is 333 g/mol. The zero-order valence-corrected chi connectivity index (χ0v) is 15.6. The van der Waals surface area contributed by atoms with E-state index in [9.17, 15) is 4.79 Å². The van der Waals surface area contributed by atoms with Crippen LogP contribution in [0.3, 0.4) is 0 Å². The second-order valence-corrected chi connectivity index (χ2v) is 6.62. The Bertz CT molecular complexity index is 691. The maximum Gasteiger partial charge on any atom is 0.330 e. The minimum Gasteiger partial charge on any atom is -0.463 e. The molecule has 0 radical (unpaired) electrons. The minimum absolute atomic E-state index is 0.344. The number of hydrogen-bond donors (Lipinski definition) is 0. The lowest BCUT2D eigenvalue weighted by atomic mass is 9.76. The summed E-state index contributed by atoms with van der Waals surface area (Å²) in [5, 5.41) is 0. The van der Waals surface area contributed by atoms with Crippen molar-refractivity contribution in [2.75, 3.05) is 6.61 Å². The van der Waals surface area contributed by atoms with Gasteiger partial charge in [-0.2, -0.15) is 0 Å². The molecule has 1 aliphatic rings. The molecule has 1 aliphatic carbocycles. The molecule has 132 valence electrons. The fourth-order valence-corrected chi connectivity index (χ4v) is 2.81. The molecule has 0 aromatic heterocycles. The maximum absolute atomic E-state index is 11.4. The van der Waals surface area contributed by atoms with E-state index in [0.717, 1.165) is 35.1 Å². The van der Waals surface area contributed by atoms with Gasteiger partial charge in [0.05, 0.1) is 6.61 Å². The van der Waals surface area contributed by atoms with Crippen molar-refractivity contribution < 1.29 is 13.6 Å². The maximum atomic E-state index is 11.4. The number of ether oxygens (including phenoxy) is 1. The van der Waals surface area contributed by atoms with Crippen molar-refractivity contribution in [3.8, 4) is 0 Å². The Labute approximate surface area is 151 Å². The van der Waals surface area contributed by atoms with Crippen LogP contribution in [0.5, 0.6) is 0 Å². The van der Waals surface area contributed by atoms with Gasteiger partial charge in [-0.05, 0) is 63.5 Å². The second-order valence-electron chi connectivity index (χ2n) is 6.62. The third-order valence-corrected chi connectivity index (χ3v) is 4.15. The third kappa shape index (κ3) is 6.74. The second kappa shape index (κ2) is 9.46. The highest BCUT2D eigenvalue weighted by molar-refractivity contribution is 5.83. The summed E-state index contributed by atoms with van der Waals surface area (Å²) < 4.78 is 28.8. The van der Waals surface area contributed by atoms with Gasteiger partial charge in [-0.15, -0.1) is 0 Å². The Morgan fingerprint density at radius 3 is 2.75 bits per heavy atom. The van der Waals surface area contributed by atoms with Crippen molar-refractivity contribution in [2.24, 2.45) is 5.41 Å². The molecule has 2 nitrogen and oxygen atoms in total. The smallest absolute Gasteiger partial charge is 0.330 e. The molecule has 0 aromatic carbocycles. The Morgan fingerprint density at radius 1 is 1.33 bits per heavy atom. The molecule has 0 fully saturated rings. The molecule has 0 aliphatic heterocycles. The molecule has 0 saturated carbocycles. The topological polar surface area (TPSA) is 26.3 Å². The van der Waals surface area contributed by atoms with Gasteiger partial charge in [0.1, 0.15) is 0 Å². The molecular formula is C22H32O2. The summed E-state index contributed by atoms with van der Waals surface area (Å²) in [6.07, 6.45) is 13.6. The number of allylic oxidation sites excluding steroid dienone is 9. The predicted octanol–water partition coefficient (Wildman–Crippen LogP) is 6.08. The van der Waals surface area contributed by atoms with Gasteiger partial charge in [0.25, 0.3) is 0 Å². The van der Waals surface area contributed by atoms with E-state index in [1.54, 1.807) is 6.92 Å². The van der Waals surface area contributed by atoms with Crippen molar-refractivity contribution in [3.63, 3.8) is 0 Å². The number of carbonyl (C=O) groups excluding carboxylic acids is 1. The summed E-state index contributed by atoms with van der Waals surface area (Å²) in [7, 11) is 0. The van der Waals surface area contributed by atoms with Crippen molar-refractivity contribution in [3.05, 3.63) is 58.7 Å². The first-order valence-corrected chi connectivity index (χ1v) is 8.59. The van der Waals surface area contributed by atoms with E-state index in [1.165, 1.54) is 6.08 Å².